The van der Waals surface area contributed by atoms with E-state index in [1.165, 1.54) is 0 Å². The highest BCUT2D eigenvalue weighted by atomic mass is 35.5. The van der Waals surface area contributed by atoms with Gasteiger partial charge in [0, 0.05) is 29.6 Å². The number of rotatable bonds is 6. The van der Waals surface area contributed by atoms with E-state index in [1.807, 2.05) is 73.7 Å². The fourth-order valence-electron chi connectivity index (χ4n) is 5.47. The van der Waals surface area contributed by atoms with Crippen molar-refractivity contribution in [1.29, 1.82) is 0 Å². The molecular formula is C32H33ClN2O4. The number of carbonyl (C=O) groups excluding carboxylic acids is 2. The third kappa shape index (κ3) is 5.52. The lowest BCUT2D eigenvalue weighted by Gasteiger charge is -2.37. The second-order valence-corrected chi connectivity index (χ2v) is 11.3. The molecule has 1 N–H and O–H groups in total. The van der Waals surface area contributed by atoms with E-state index in [0.717, 1.165) is 28.2 Å². The second kappa shape index (κ2) is 10.8. The Balaban J connectivity index is 1.61. The molecule has 0 spiro atoms. The van der Waals surface area contributed by atoms with Gasteiger partial charge >= 0.3 is 0 Å². The Bertz CT molecular complexity index is 1440. The van der Waals surface area contributed by atoms with Crippen molar-refractivity contribution in [2.45, 2.75) is 53.2 Å². The van der Waals surface area contributed by atoms with Crippen molar-refractivity contribution in [3.8, 4) is 11.5 Å². The summed E-state index contributed by atoms with van der Waals surface area (Å²) in [5, 5.41) is 4.19. The molecular weight excluding hydrogens is 512 g/mol. The first-order valence-corrected chi connectivity index (χ1v) is 13.6. The van der Waals surface area contributed by atoms with Crippen LogP contribution in [0.3, 0.4) is 0 Å². The van der Waals surface area contributed by atoms with Crippen LogP contribution in [0, 0.1) is 5.41 Å². The molecule has 2 aliphatic rings. The number of hydrogen-bond donors (Lipinski definition) is 1. The lowest BCUT2D eigenvalue weighted by molar-refractivity contribution is -0.118. The number of Topliss-reactive ketones (excluding diaryl/α,β-unsaturated/α-hetero) is 1. The van der Waals surface area contributed by atoms with Crippen molar-refractivity contribution in [3.05, 3.63) is 94.1 Å². The molecule has 1 aliphatic heterocycles. The Hall–Kier alpha value is -3.77. The van der Waals surface area contributed by atoms with Gasteiger partial charge in [0.1, 0.15) is 6.61 Å². The van der Waals surface area contributed by atoms with Crippen molar-refractivity contribution in [1.82, 2.24) is 0 Å². The second-order valence-electron chi connectivity index (χ2n) is 10.8. The molecule has 1 atom stereocenters. The topological polar surface area (TPSA) is 67.9 Å². The smallest absolute Gasteiger partial charge is 0.224 e. The highest BCUT2D eigenvalue weighted by Crippen LogP contribution is 2.49. The van der Waals surface area contributed by atoms with E-state index in [9.17, 15) is 9.59 Å². The van der Waals surface area contributed by atoms with Gasteiger partial charge in [-0.15, -0.1) is 0 Å². The first-order chi connectivity index (χ1) is 18.7. The summed E-state index contributed by atoms with van der Waals surface area (Å²) in [7, 11) is 0. The number of fused-ring (bicyclic) bond motifs is 1. The molecule has 3 aromatic rings. The lowest BCUT2D eigenvalue weighted by atomic mass is 9.73. The van der Waals surface area contributed by atoms with Crippen LogP contribution in [-0.4, -0.2) is 18.3 Å². The van der Waals surface area contributed by atoms with Crippen LogP contribution in [-0.2, 0) is 16.2 Å². The number of halogens is 1. The van der Waals surface area contributed by atoms with Gasteiger partial charge in [0.05, 0.1) is 24.0 Å². The number of carbonyl (C=O) groups is 2. The van der Waals surface area contributed by atoms with E-state index in [0.29, 0.717) is 48.2 Å². The molecule has 0 aromatic heterocycles. The average Bonchev–Trinajstić information content (AvgIpc) is 3.02. The fraction of sp³-hybridized carbons (Fsp3) is 0.312. The Kier molecular flexibility index (Phi) is 7.41. The summed E-state index contributed by atoms with van der Waals surface area (Å²) in [6.45, 7) is 8.44. The summed E-state index contributed by atoms with van der Waals surface area (Å²) < 4.78 is 12.1. The molecule has 5 rings (SSSR count). The number of ketones is 1. The summed E-state index contributed by atoms with van der Waals surface area (Å²) in [4.78, 5) is 28.7. The molecule has 202 valence electrons. The zero-order valence-electron chi connectivity index (χ0n) is 22.7. The number of nitrogens with one attached hydrogen (secondary N) is 1. The molecule has 0 unspecified atom stereocenters. The van der Waals surface area contributed by atoms with E-state index in [4.69, 9.17) is 21.1 Å². The number of benzene rings is 3. The first-order valence-electron chi connectivity index (χ1n) is 13.2. The Labute approximate surface area is 234 Å². The quantitative estimate of drug-likeness (QED) is 0.348. The normalized spacial score (nSPS) is 18.0. The molecule has 0 radical (unpaired) electrons. The largest absolute Gasteiger partial charge is 0.490 e. The van der Waals surface area contributed by atoms with Gasteiger partial charge < -0.3 is 14.8 Å². The monoisotopic (exact) mass is 544 g/mol. The van der Waals surface area contributed by atoms with Crippen LogP contribution in [0.4, 0.5) is 11.4 Å². The standard InChI is InChI=1S/C32H33ClN2O4/c1-5-38-29-16-22(12-15-28(29)39-19-21-10-13-23(33)14-11-21)31-30-25(17-32(3,4)18-27(30)37)34-24-8-6-7-9-26(24)35(31)20(2)36/h6-16,31,34H,5,17-19H2,1-4H3/t31-/m1/s1. The molecule has 1 amide bonds. The van der Waals surface area contributed by atoms with Crippen molar-refractivity contribution in [2.75, 3.05) is 16.8 Å². The van der Waals surface area contributed by atoms with Crippen LogP contribution < -0.4 is 19.7 Å². The zero-order chi connectivity index (χ0) is 27.7. The SMILES string of the molecule is CCOc1cc([C@@H]2C3=C(CC(C)(C)CC3=O)Nc3ccccc3N2C(C)=O)ccc1OCc1ccc(Cl)cc1. The van der Waals surface area contributed by atoms with Crippen LogP contribution in [0.1, 0.15) is 57.7 Å². The van der Waals surface area contributed by atoms with Crippen molar-refractivity contribution in [2.24, 2.45) is 5.41 Å². The van der Waals surface area contributed by atoms with E-state index < -0.39 is 6.04 Å². The Morgan fingerprint density at radius 2 is 1.77 bits per heavy atom. The van der Waals surface area contributed by atoms with Gasteiger partial charge in [-0.05, 0) is 66.3 Å². The Morgan fingerprint density at radius 1 is 1.03 bits per heavy atom. The summed E-state index contributed by atoms with van der Waals surface area (Å²) in [6.07, 6.45) is 1.11. The summed E-state index contributed by atoms with van der Waals surface area (Å²) >= 11 is 6.02. The number of para-hydroxylation sites is 2. The van der Waals surface area contributed by atoms with Crippen molar-refractivity contribution >= 4 is 34.7 Å². The van der Waals surface area contributed by atoms with Crippen molar-refractivity contribution < 1.29 is 19.1 Å². The third-order valence-electron chi connectivity index (χ3n) is 7.13. The molecule has 0 bridgehead atoms. The zero-order valence-corrected chi connectivity index (χ0v) is 23.5. The van der Waals surface area contributed by atoms with E-state index in [1.54, 1.807) is 11.8 Å². The van der Waals surface area contributed by atoms with Crippen LogP contribution >= 0.6 is 11.6 Å². The first kappa shape index (κ1) is 26.8. The van der Waals surface area contributed by atoms with Crippen LogP contribution in [0.15, 0.2) is 78.0 Å². The molecule has 3 aromatic carbocycles. The average molecular weight is 545 g/mol. The maximum Gasteiger partial charge on any atom is 0.224 e. The maximum atomic E-state index is 13.8. The Morgan fingerprint density at radius 3 is 2.49 bits per heavy atom. The van der Waals surface area contributed by atoms with Gasteiger partial charge in [0.15, 0.2) is 17.3 Å². The van der Waals surface area contributed by atoms with Gasteiger partial charge in [0.25, 0.3) is 0 Å². The van der Waals surface area contributed by atoms with Crippen molar-refractivity contribution in [3.63, 3.8) is 0 Å². The molecule has 0 fully saturated rings. The molecule has 39 heavy (non-hydrogen) atoms. The summed E-state index contributed by atoms with van der Waals surface area (Å²) in [5.41, 5.74) is 4.59. The number of ether oxygens (including phenoxy) is 2. The minimum atomic E-state index is -0.609. The highest BCUT2D eigenvalue weighted by molar-refractivity contribution is 6.30. The van der Waals surface area contributed by atoms with Crippen LogP contribution in [0.2, 0.25) is 5.02 Å². The van der Waals surface area contributed by atoms with Gasteiger partial charge in [0.2, 0.25) is 5.91 Å². The number of allylic oxidation sites excluding steroid dienone is 1. The minimum absolute atomic E-state index is 0.0406. The molecule has 1 heterocycles. The number of amides is 1. The fourth-order valence-corrected chi connectivity index (χ4v) is 5.60. The minimum Gasteiger partial charge on any atom is -0.490 e. The van der Waals surface area contributed by atoms with Crippen LogP contribution in [0.25, 0.3) is 0 Å². The van der Waals surface area contributed by atoms with E-state index in [2.05, 4.69) is 19.2 Å². The number of anilines is 2. The predicted octanol–water partition coefficient (Wildman–Crippen LogP) is 7.48. The van der Waals surface area contributed by atoms with Gasteiger partial charge in [-0.25, -0.2) is 0 Å². The van der Waals surface area contributed by atoms with Gasteiger partial charge in [-0.2, -0.15) is 0 Å². The lowest BCUT2D eigenvalue weighted by Crippen LogP contribution is -2.38. The summed E-state index contributed by atoms with van der Waals surface area (Å²) in [5.74, 6) is 1.03. The molecule has 6 nitrogen and oxygen atoms in total. The number of hydrogen-bond acceptors (Lipinski definition) is 5. The maximum absolute atomic E-state index is 13.8. The highest BCUT2D eigenvalue weighted by Gasteiger charge is 2.42. The van der Waals surface area contributed by atoms with E-state index >= 15 is 0 Å². The third-order valence-corrected chi connectivity index (χ3v) is 7.38. The van der Waals surface area contributed by atoms with Gasteiger partial charge in [-0.3, -0.25) is 14.5 Å². The molecule has 0 saturated heterocycles. The van der Waals surface area contributed by atoms with Gasteiger partial charge in [-0.1, -0.05) is 55.8 Å². The molecule has 0 saturated carbocycles. The number of nitrogens with zero attached hydrogens (tertiary/aromatic N) is 1. The van der Waals surface area contributed by atoms with Crippen LogP contribution in [0.5, 0.6) is 11.5 Å². The summed E-state index contributed by atoms with van der Waals surface area (Å²) in [6, 6.07) is 20.3. The molecule has 7 heteroatoms. The van der Waals surface area contributed by atoms with E-state index in [-0.39, 0.29) is 17.1 Å². The predicted molar refractivity (Wildman–Crippen MR) is 154 cm³/mol. The molecule has 1 aliphatic carbocycles.